The SMILES string of the molecule is CC(C)N1CCC(NC(=O)C(=O)Nc2cc(C(F)(F)F)ccc2N(C)C)C1. The monoisotopic (exact) mass is 386 g/mol. The summed E-state index contributed by atoms with van der Waals surface area (Å²) in [5, 5.41) is 4.95. The molecule has 1 aliphatic heterocycles. The van der Waals surface area contributed by atoms with Crippen molar-refractivity contribution in [3.05, 3.63) is 23.8 Å². The molecule has 0 saturated carbocycles. The number of carbonyl (C=O) groups is 2. The second kappa shape index (κ2) is 8.16. The van der Waals surface area contributed by atoms with E-state index >= 15 is 0 Å². The van der Waals surface area contributed by atoms with E-state index in [1.165, 1.54) is 6.07 Å². The molecule has 1 aromatic rings. The minimum Gasteiger partial charge on any atom is -0.376 e. The van der Waals surface area contributed by atoms with Crippen LogP contribution < -0.4 is 15.5 Å². The van der Waals surface area contributed by atoms with Crippen molar-refractivity contribution in [2.24, 2.45) is 0 Å². The number of hydrogen-bond acceptors (Lipinski definition) is 4. The van der Waals surface area contributed by atoms with Gasteiger partial charge in [0.05, 0.1) is 16.9 Å². The van der Waals surface area contributed by atoms with Gasteiger partial charge in [0.25, 0.3) is 0 Å². The average Bonchev–Trinajstić information content (AvgIpc) is 3.02. The predicted molar refractivity (Wildman–Crippen MR) is 97.7 cm³/mol. The fourth-order valence-electron chi connectivity index (χ4n) is 3.01. The Morgan fingerprint density at radius 3 is 2.41 bits per heavy atom. The van der Waals surface area contributed by atoms with Gasteiger partial charge in [-0.3, -0.25) is 14.5 Å². The number of carbonyl (C=O) groups excluding carboxylic acids is 2. The summed E-state index contributed by atoms with van der Waals surface area (Å²) in [4.78, 5) is 28.1. The van der Waals surface area contributed by atoms with Crippen LogP contribution in [0.2, 0.25) is 0 Å². The first-order chi connectivity index (χ1) is 12.5. The number of benzene rings is 1. The highest BCUT2D eigenvalue weighted by Crippen LogP contribution is 2.34. The minimum absolute atomic E-state index is 0.0646. The van der Waals surface area contributed by atoms with Gasteiger partial charge in [-0.15, -0.1) is 0 Å². The largest absolute Gasteiger partial charge is 0.416 e. The van der Waals surface area contributed by atoms with E-state index in [9.17, 15) is 22.8 Å². The van der Waals surface area contributed by atoms with Gasteiger partial charge in [0, 0.05) is 39.3 Å². The van der Waals surface area contributed by atoms with Crippen molar-refractivity contribution in [2.75, 3.05) is 37.4 Å². The number of hydrogen-bond donors (Lipinski definition) is 2. The number of nitrogens with zero attached hydrogens (tertiary/aromatic N) is 2. The van der Waals surface area contributed by atoms with Gasteiger partial charge >= 0.3 is 18.0 Å². The number of anilines is 2. The molecule has 0 radical (unpaired) electrons. The maximum absolute atomic E-state index is 13.0. The molecule has 0 spiro atoms. The first-order valence-electron chi connectivity index (χ1n) is 8.73. The Balaban J connectivity index is 2.09. The molecular formula is C18H25F3N4O2. The van der Waals surface area contributed by atoms with Gasteiger partial charge in [0.15, 0.2) is 0 Å². The molecule has 1 unspecified atom stereocenters. The Kier molecular flexibility index (Phi) is 6.35. The fraction of sp³-hybridized carbons (Fsp3) is 0.556. The van der Waals surface area contributed by atoms with Crippen LogP contribution in [0, 0.1) is 0 Å². The van der Waals surface area contributed by atoms with Crippen molar-refractivity contribution in [2.45, 2.75) is 38.5 Å². The highest BCUT2D eigenvalue weighted by atomic mass is 19.4. The van der Waals surface area contributed by atoms with Crippen molar-refractivity contribution in [3.63, 3.8) is 0 Å². The highest BCUT2D eigenvalue weighted by molar-refractivity contribution is 6.40. The molecule has 0 aliphatic carbocycles. The van der Waals surface area contributed by atoms with Crippen LogP contribution in [0.1, 0.15) is 25.8 Å². The van der Waals surface area contributed by atoms with E-state index in [0.29, 0.717) is 18.3 Å². The quantitative estimate of drug-likeness (QED) is 0.780. The topological polar surface area (TPSA) is 64.7 Å². The maximum Gasteiger partial charge on any atom is 0.416 e. The molecule has 6 nitrogen and oxygen atoms in total. The summed E-state index contributed by atoms with van der Waals surface area (Å²) in [6.07, 6.45) is -3.82. The molecule has 27 heavy (non-hydrogen) atoms. The molecule has 1 atom stereocenters. The third kappa shape index (κ3) is 5.35. The lowest BCUT2D eigenvalue weighted by molar-refractivity contribution is -0.137. The number of rotatable bonds is 4. The number of likely N-dealkylation sites (tertiary alicyclic amines) is 1. The Labute approximate surface area is 156 Å². The molecule has 1 fully saturated rings. The summed E-state index contributed by atoms with van der Waals surface area (Å²) in [6.45, 7) is 5.56. The van der Waals surface area contributed by atoms with Crippen LogP contribution in [0.3, 0.4) is 0 Å². The van der Waals surface area contributed by atoms with Gasteiger partial charge in [-0.1, -0.05) is 0 Å². The molecule has 1 heterocycles. The number of amides is 2. The van der Waals surface area contributed by atoms with Crippen LogP contribution in [-0.2, 0) is 15.8 Å². The van der Waals surface area contributed by atoms with Gasteiger partial charge in [-0.25, -0.2) is 0 Å². The van der Waals surface area contributed by atoms with Crippen LogP contribution in [0.25, 0.3) is 0 Å². The number of halogens is 3. The second-order valence-corrected chi connectivity index (χ2v) is 7.13. The lowest BCUT2D eigenvalue weighted by atomic mass is 10.1. The Bertz CT molecular complexity index is 704. The van der Waals surface area contributed by atoms with E-state index in [4.69, 9.17) is 0 Å². The zero-order valence-corrected chi connectivity index (χ0v) is 15.9. The molecule has 1 saturated heterocycles. The molecule has 150 valence electrons. The molecule has 1 aromatic carbocycles. The summed E-state index contributed by atoms with van der Waals surface area (Å²) in [5.74, 6) is -1.84. The first kappa shape index (κ1) is 21.0. The highest BCUT2D eigenvalue weighted by Gasteiger charge is 2.32. The van der Waals surface area contributed by atoms with E-state index in [1.54, 1.807) is 19.0 Å². The standard InChI is InChI=1S/C18H25F3N4O2/c1-11(2)25-8-7-13(10-25)22-16(26)17(27)23-14-9-12(18(19,20)21)5-6-15(14)24(3)4/h5-6,9,11,13H,7-8,10H2,1-4H3,(H,22,26)(H,23,27). The van der Waals surface area contributed by atoms with Crippen molar-refractivity contribution >= 4 is 23.2 Å². The Hall–Kier alpha value is -2.29. The van der Waals surface area contributed by atoms with Crippen LogP contribution in [-0.4, -0.2) is 56.0 Å². The van der Waals surface area contributed by atoms with E-state index in [2.05, 4.69) is 15.5 Å². The van der Waals surface area contributed by atoms with Crippen LogP contribution in [0.15, 0.2) is 18.2 Å². The van der Waals surface area contributed by atoms with E-state index < -0.39 is 23.6 Å². The maximum atomic E-state index is 13.0. The molecule has 9 heteroatoms. The van der Waals surface area contributed by atoms with Crippen LogP contribution >= 0.6 is 0 Å². The Morgan fingerprint density at radius 1 is 1.22 bits per heavy atom. The summed E-state index contributed by atoms with van der Waals surface area (Å²) < 4.78 is 38.9. The average molecular weight is 386 g/mol. The van der Waals surface area contributed by atoms with E-state index in [0.717, 1.165) is 25.1 Å². The third-order valence-corrected chi connectivity index (χ3v) is 4.55. The molecule has 0 bridgehead atoms. The second-order valence-electron chi connectivity index (χ2n) is 7.13. The number of alkyl halides is 3. The molecule has 2 amide bonds. The summed E-state index contributed by atoms with van der Waals surface area (Å²) in [7, 11) is 3.27. The van der Waals surface area contributed by atoms with Crippen molar-refractivity contribution in [1.82, 2.24) is 10.2 Å². The van der Waals surface area contributed by atoms with Gasteiger partial charge in [-0.2, -0.15) is 13.2 Å². The van der Waals surface area contributed by atoms with E-state index in [-0.39, 0.29) is 11.7 Å². The molecule has 2 rings (SSSR count). The van der Waals surface area contributed by atoms with Gasteiger partial charge in [0.2, 0.25) is 0 Å². The van der Waals surface area contributed by atoms with Crippen molar-refractivity contribution in [3.8, 4) is 0 Å². The molecule has 2 N–H and O–H groups in total. The van der Waals surface area contributed by atoms with Crippen molar-refractivity contribution in [1.29, 1.82) is 0 Å². The summed E-state index contributed by atoms with van der Waals surface area (Å²) in [5.41, 5.74) is -0.589. The predicted octanol–water partition coefficient (Wildman–Crippen LogP) is 2.31. The fourth-order valence-corrected chi connectivity index (χ4v) is 3.01. The number of nitrogens with one attached hydrogen (secondary N) is 2. The zero-order chi connectivity index (χ0) is 20.4. The van der Waals surface area contributed by atoms with Gasteiger partial charge in [-0.05, 0) is 38.5 Å². The minimum atomic E-state index is -4.54. The van der Waals surface area contributed by atoms with Crippen LogP contribution in [0.4, 0.5) is 24.5 Å². The first-order valence-corrected chi connectivity index (χ1v) is 8.73. The molecule has 1 aliphatic rings. The normalized spacial score (nSPS) is 17.9. The zero-order valence-electron chi connectivity index (χ0n) is 15.9. The summed E-state index contributed by atoms with van der Waals surface area (Å²) >= 11 is 0. The van der Waals surface area contributed by atoms with Crippen LogP contribution in [0.5, 0.6) is 0 Å². The van der Waals surface area contributed by atoms with Gasteiger partial charge < -0.3 is 15.5 Å². The van der Waals surface area contributed by atoms with Crippen molar-refractivity contribution < 1.29 is 22.8 Å². The Morgan fingerprint density at radius 2 is 1.89 bits per heavy atom. The van der Waals surface area contributed by atoms with E-state index in [1.807, 2.05) is 13.8 Å². The molecular weight excluding hydrogens is 361 g/mol. The molecule has 0 aromatic heterocycles. The smallest absolute Gasteiger partial charge is 0.376 e. The lowest BCUT2D eigenvalue weighted by Gasteiger charge is -2.21. The summed E-state index contributed by atoms with van der Waals surface area (Å²) in [6, 6.07) is 3.21. The lowest BCUT2D eigenvalue weighted by Crippen LogP contribution is -2.43. The third-order valence-electron chi connectivity index (χ3n) is 4.55. The van der Waals surface area contributed by atoms with Gasteiger partial charge in [0.1, 0.15) is 0 Å².